The summed E-state index contributed by atoms with van der Waals surface area (Å²) in [6, 6.07) is 5.43. The normalized spacial score (nSPS) is 18.2. The highest BCUT2D eigenvalue weighted by atomic mass is 32.2. The SMILES string of the molecule is CCNC(C)c1cc(F)ccc1SC1CCCC1. The van der Waals surface area contributed by atoms with Crippen molar-refractivity contribution in [2.24, 2.45) is 0 Å². The summed E-state index contributed by atoms with van der Waals surface area (Å²) in [5.41, 5.74) is 1.11. The van der Waals surface area contributed by atoms with Crippen molar-refractivity contribution in [1.29, 1.82) is 0 Å². The fourth-order valence-electron chi connectivity index (χ4n) is 2.57. The second kappa shape index (κ2) is 6.58. The maximum absolute atomic E-state index is 13.4. The molecule has 0 saturated heterocycles. The second-order valence-electron chi connectivity index (χ2n) is 4.99. The zero-order chi connectivity index (χ0) is 13.0. The molecule has 1 aromatic carbocycles. The zero-order valence-electron chi connectivity index (χ0n) is 11.2. The topological polar surface area (TPSA) is 12.0 Å². The third kappa shape index (κ3) is 3.48. The van der Waals surface area contributed by atoms with E-state index >= 15 is 0 Å². The van der Waals surface area contributed by atoms with Crippen LogP contribution in [0.4, 0.5) is 4.39 Å². The molecule has 0 radical (unpaired) electrons. The van der Waals surface area contributed by atoms with Crippen molar-refractivity contribution in [3.05, 3.63) is 29.6 Å². The quantitative estimate of drug-likeness (QED) is 0.841. The molecule has 3 heteroatoms. The first-order valence-corrected chi connectivity index (χ1v) is 7.78. The van der Waals surface area contributed by atoms with Gasteiger partial charge in [0, 0.05) is 16.2 Å². The Labute approximate surface area is 114 Å². The number of benzene rings is 1. The number of nitrogens with one attached hydrogen (secondary N) is 1. The zero-order valence-corrected chi connectivity index (χ0v) is 12.0. The maximum atomic E-state index is 13.4. The van der Waals surface area contributed by atoms with Crippen molar-refractivity contribution in [1.82, 2.24) is 5.32 Å². The highest BCUT2D eigenvalue weighted by Gasteiger charge is 2.19. The number of hydrogen-bond donors (Lipinski definition) is 1. The third-order valence-electron chi connectivity index (χ3n) is 3.54. The lowest BCUT2D eigenvalue weighted by Gasteiger charge is -2.19. The van der Waals surface area contributed by atoms with Crippen LogP contribution in [0, 0.1) is 5.82 Å². The Morgan fingerprint density at radius 3 is 2.78 bits per heavy atom. The van der Waals surface area contributed by atoms with Crippen molar-refractivity contribution < 1.29 is 4.39 Å². The van der Waals surface area contributed by atoms with Crippen LogP contribution in [-0.2, 0) is 0 Å². The summed E-state index contributed by atoms with van der Waals surface area (Å²) in [4.78, 5) is 1.25. The van der Waals surface area contributed by atoms with Gasteiger partial charge < -0.3 is 5.32 Å². The molecule has 1 aliphatic rings. The van der Waals surface area contributed by atoms with E-state index in [1.807, 2.05) is 17.8 Å². The highest BCUT2D eigenvalue weighted by Crippen LogP contribution is 2.38. The minimum Gasteiger partial charge on any atom is -0.310 e. The molecule has 1 unspecified atom stereocenters. The fraction of sp³-hybridized carbons (Fsp3) is 0.600. The molecule has 2 rings (SSSR count). The average Bonchev–Trinajstić information content (AvgIpc) is 2.84. The van der Waals surface area contributed by atoms with Gasteiger partial charge in [-0.1, -0.05) is 19.8 Å². The van der Waals surface area contributed by atoms with Gasteiger partial charge in [0.05, 0.1) is 0 Å². The monoisotopic (exact) mass is 267 g/mol. The van der Waals surface area contributed by atoms with Crippen LogP contribution in [0.2, 0.25) is 0 Å². The van der Waals surface area contributed by atoms with Gasteiger partial charge in [-0.15, -0.1) is 11.8 Å². The van der Waals surface area contributed by atoms with Crippen LogP contribution >= 0.6 is 11.8 Å². The Balaban J connectivity index is 2.16. The van der Waals surface area contributed by atoms with Crippen molar-refractivity contribution in [3.63, 3.8) is 0 Å². The van der Waals surface area contributed by atoms with Crippen LogP contribution in [0.3, 0.4) is 0 Å². The number of thioether (sulfide) groups is 1. The fourth-order valence-corrected chi connectivity index (χ4v) is 4.01. The molecule has 1 nitrogen and oxygen atoms in total. The summed E-state index contributed by atoms with van der Waals surface area (Å²) >= 11 is 1.93. The van der Waals surface area contributed by atoms with Crippen molar-refractivity contribution in [2.75, 3.05) is 6.54 Å². The maximum Gasteiger partial charge on any atom is 0.123 e. The molecule has 1 saturated carbocycles. The molecule has 0 aliphatic heterocycles. The minimum atomic E-state index is -0.134. The van der Waals surface area contributed by atoms with Gasteiger partial charge in [-0.05, 0) is 50.1 Å². The smallest absolute Gasteiger partial charge is 0.123 e. The highest BCUT2D eigenvalue weighted by molar-refractivity contribution is 8.00. The van der Waals surface area contributed by atoms with E-state index in [-0.39, 0.29) is 11.9 Å². The van der Waals surface area contributed by atoms with E-state index in [1.165, 1.54) is 30.6 Å². The average molecular weight is 267 g/mol. The molecule has 1 N–H and O–H groups in total. The van der Waals surface area contributed by atoms with E-state index in [0.29, 0.717) is 0 Å². The molecule has 1 atom stereocenters. The predicted octanol–water partition coefficient (Wildman–Crippen LogP) is 4.53. The van der Waals surface area contributed by atoms with Gasteiger partial charge in [-0.25, -0.2) is 4.39 Å². The van der Waals surface area contributed by atoms with Crippen LogP contribution < -0.4 is 5.32 Å². The summed E-state index contributed by atoms with van der Waals surface area (Å²) in [5, 5.41) is 4.10. The Morgan fingerprint density at radius 2 is 2.11 bits per heavy atom. The van der Waals surface area contributed by atoms with Crippen LogP contribution in [-0.4, -0.2) is 11.8 Å². The van der Waals surface area contributed by atoms with Crippen molar-refractivity contribution >= 4 is 11.8 Å². The van der Waals surface area contributed by atoms with E-state index in [9.17, 15) is 4.39 Å². The molecule has 1 fully saturated rings. The van der Waals surface area contributed by atoms with Gasteiger partial charge in [0.15, 0.2) is 0 Å². The molecule has 0 aromatic heterocycles. The molecule has 1 aromatic rings. The van der Waals surface area contributed by atoms with Gasteiger partial charge in [0.2, 0.25) is 0 Å². The molecule has 1 aliphatic carbocycles. The van der Waals surface area contributed by atoms with Gasteiger partial charge in [0.1, 0.15) is 5.82 Å². The number of rotatable bonds is 5. The van der Waals surface area contributed by atoms with Gasteiger partial charge in [0.25, 0.3) is 0 Å². The Kier molecular flexibility index (Phi) is 5.07. The van der Waals surface area contributed by atoms with E-state index < -0.39 is 0 Å². The first-order chi connectivity index (χ1) is 8.70. The largest absolute Gasteiger partial charge is 0.310 e. The molecule has 100 valence electrons. The lowest BCUT2D eigenvalue weighted by atomic mass is 10.1. The third-order valence-corrected chi connectivity index (χ3v) is 4.97. The standard InChI is InChI=1S/C15H22FNS/c1-3-17-11(2)14-10-12(16)8-9-15(14)18-13-6-4-5-7-13/h8-11,13,17H,3-7H2,1-2H3. The molecular weight excluding hydrogens is 245 g/mol. The van der Waals surface area contributed by atoms with Crippen LogP contribution in [0.25, 0.3) is 0 Å². The molecule has 0 bridgehead atoms. The van der Waals surface area contributed by atoms with Crippen LogP contribution in [0.15, 0.2) is 23.1 Å². The van der Waals surface area contributed by atoms with Gasteiger partial charge in [-0.2, -0.15) is 0 Å². The lowest BCUT2D eigenvalue weighted by Crippen LogP contribution is -2.18. The number of hydrogen-bond acceptors (Lipinski definition) is 2. The lowest BCUT2D eigenvalue weighted by molar-refractivity contribution is 0.574. The molecule has 18 heavy (non-hydrogen) atoms. The van der Waals surface area contributed by atoms with Gasteiger partial charge in [-0.3, -0.25) is 0 Å². The van der Waals surface area contributed by atoms with E-state index in [4.69, 9.17) is 0 Å². The van der Waals surface area contributed by atoms with E-state index in [1.54, 1.807) is 12.1 Å². The Hall–Kier alpha value is -0.540. The molecule has 0 heterocycles. The number of halogens is 1. The first kappa shape index (κ1) is 13.9. The summed E-state index contributed by atoms with van der Waals surface area (Å²) < 4.78 is 13.4. The van der Waals surface area contributed by atoms with E-state index in [2.05, 4.69) is 19.2 Å². The molecular formula is C15H22FNS. The summed E-state index contributed by atoms with van der Waals surface area (Å²) in [7, 11) is 0. The van der Waals surface area contributed by atoms with Crippen LogP contribution in [0.5, 0.6) is 0 Å². The minimum absolute atomic E-state index is 0.134. The van der Waals surface area contributed by atoms with Crippen molar-refractivity contribution in [3.8, 4) is 0 Å². The van der Waals surface area contributed by atoms with Gasteiger partial charge >= 0.3 is 0 Å². The Bertz CT molecular complexity index is 388. The molecule has 0 amide bonds. The Morgan fingerprint density at radius 1 is 1.39 bits per heavy atom. The molecule has 0 spiro atoms. The summed E-state index contributed by atoms with van der Waals surface area (Å²) in [6.07, 6.45) is 5.29. The summed E-state index contributed by atoms with van der Waals surface area (Å²) in [5.74, 6) is -0.134. The summed E-state index contributed by atoms with van der Waals surface area (Å²) in [6.45, 7) is 5.10. The van der Waals surface area contributed by atoms with Crippen molar-refractivity contribution in [2.45, 2.75) is 55.7 Å². The van der Waals surface area contributed by atoms with E-state index in [0.717, 1.165) is 17.4 Å². The second-order valence-corrected chi connectivity index (χ2v) is 6.33. The predicted molar refractivity (Wildman–Crippen MR) is 76.6 cm³/mol. The van der Waals surface area contributed by atoms with Crippen LogP contribution in [0.1, 0.15) is 51.1 Å². The first-order valence-electron chi connectivity index (χ1n) is 6.90.